The Morgan fingerprint density at radius 3 is 2.95 bits per heavy atom. The number of benzene rings is 1. The van der Waals surface area contributed by atoms with E-state index in [1.54, 1.807) is 11.1 Å². The normalized spacial score (nSPS) is 22.9. The highest BCUT2D eigenvalue weighted by Gasteiger charge is 2.39. The van der Waals surface area contributed by atoms with Crippen LogP contribution in [0.3, 0.4) is 0 Å². The first kappa shape index (κ1) is 11.6. The molecule has 104 valence electrons. The zero-order chi connectivity index (χ0) is 14.0. The highest BCUT2D eigenvalue weighted by Crippen LogP contribution is 2.56. The fraction of sp³-hybridized carbons (Fsp3) is 0.316. The van der Waals surface area contributed by atoms with Gasteiger partial charge in [-0.2, -0.15) is 0 Å². The van der Waals surface area contributed by atoms with E-state index in [-0.39, 0.29) is 0 Å². The molecule has 1 saturated carbocycles. The van der Waals surface area contributed by atoms with Crippen LogP contribution in [-0.4, -0.2) is 9.55 Å². The van der Waals surface area contributed by atoms with Gasteiger partial charge in [-0.3, -0.25) is 4.98 Å². The van der Waals surface area contributed by atoms with Crippen molar-refractivity contribution in [3.8, 4) is 11.1 Å². The average molecular weight is 274 g/mol. The zero-order valence-electron chi connectivity index (χ0n) is 12.2. The van der Waals surface area contributed by atoms with E-state index in [1.807, 2.05) is 18.5 Å². The number of hydrogen-bond donors (Lipinski definition) is 0. The van der Waals surface area contributed by atoms with Gasteiger partial charge in [0.1, 0.15) is 0 Å². The van der Waals surface area contributed by atoms with Crippen molar-refractivity contribution in [2.24, 2.45) is 7.05 Å². The Morgan fingerprint density at radius 2 is 2.10 bits per heavy atom. The van der Waals surface area contributed by atoms with E-state index in [0.717, 1.165) is 11.8 Å². The molecule has 0 aliphatic heterocycles. The minimum atomic E-state index is 0.791. The van der Waals surface area contributed by atoms with Crippen LogP contribution >= 0.6 is 0 Å². The van der Waals surface area contributed by atoms with Gasteiger partial charge in [-0.25, -0.2) is 0 Å². The summed E-state index contributed by atoms with van der Waals surface area (Å²) < 4.78 is 2.31. The van der Waals surface area contributed by atoms with Gasteiger partial charge in [-0.1, -0.05) is 6.07 Å². The summed E-state index contributed by atoms with van der Waals surface area (Å²) in [6.07, 6.45) is 10.2. The smallest absolute Gasteiger partial charge is 0.0522 e. The Balaban J connectivity index is 1.89. The fourth-order valence-corrected chi connectivity index (χ4v) is 4.58. The number of pyridine rings is 1. The summed E-state index contributed by atoms with van der Waals surface area (Å²) in [4.78, 5) is 4.31. The lowest BCUT2D eigenvalue weighted by Gasteiger charge is -2.19. The van der Waals surface area contributed by atoms with Gasteiger partial charge in [0.25, 0.3) is 0 Å². The molecule has 0 N–H and O–H groups in total. The first-order chi connectivity index (χ1) is 10.3. The number of hydrogen-bond acceptors (Lipinski definition) is 1. The lowest BCUT2D eigenvalue weighted by atomic mass is 9.87. The first-order valence-corrected chi connectivity index (χ1v) is 7.85. The van der Waals surface area contributed by atoms with Crippen LogP contribution in [0.2, 0.25) is 0 Å². The third-order valence-electron chi connectivity index (χ3n) is 5.48. The molecule has 21 heavy (non-hydrogen) atoms. The predicted molar refractivity (Wildman–Crippen MR) is 85.5 cm³/mol. The number of aryl methyl sites for hydroxylation is 1. The second-order valence-corrected chi connectivity index (χ2v) is 6.56. The Kier molecular flexibility index (Phi) is 2.19. The quantitative estimate of drug-likeness (QED) is 0.634. The molecular weight excluding hydrogens is 256 g/mol. The van der Waals surface area contributed by atoms with E-state index in [0.29, 0.717) is 0 Å². The number of rotatable bonds is 1. The Bertz CT molecular complexity index is 845. The number of nitrogens with zero attached hydrogens (tertiary/aromatic N) is 2. The molecule has 1 fully saturated rings. The molecule has 0 amide bonds. The summed E-state index contributed by atoms with van der Waals surface area (Å²) in [5.41, 5.74) is 7.30. The predicted octanol–water partition coefficient (Wildman–Crippen LogP) is 4.61. The van der Waals surface area contributed by atoms with Crippen molar-refractivity contribution in [2.45, 2.75) is 31.1 Å². The lowest BCUT2D eigenvalue weighted by molar-refractivity contribution is 0.718. The van der Waals surface area contributed by atoms with Gasteiger partial charge in [0.2, 0.25) is 0 Å². The Hall–Kier alpha value is -2.09. The van der Waals surface area contributed by atoms with Gasteiger partial charge < -0.3 is 4.57 Å². The van der Waals surface area contributed by atoms with Gasteiger partial charge in [-0.05, 0) is 66.0 Å². The summed E-state index contributed by atoms with van der Waals surface area (Å²) in [5.74, 6) is 1.59. The van der Waals surface area contributed by atoms with Gasteiger partial charge in [0, 0.05) is 36.6 Å². The van der Waals surface area contributed by atoms with Crippen molar-refractivity contribution < 1.29 is 0 Å². The van der Waals surface area contributed by atoms with Crippen LogP contribution in [0, 0.1) is 0 Å². The van der Waals surface area contributed by atoms with E-state index < -0.39 is 0 Å². The molecule has 2 aliphatic rings. The average Bonchev–Trinajstić information content (AvgIpc) is 3.22. The molecule has 0 radical (unpaired) electrons. The molecule has 1 aromatic carbocycles. The summed E-state index contributed by atoms with van der Waals surface area (Å²) >= 11 is 0. The van der Waals surface area contributed by atoms with Crippen LogP contribution < -0.4 is 0 Å². The third kappa shape index (κ3) is 1.45. The monoisotopic (exact) mass is 274 g/mol. The van der Waals surface area contributed by atoms with E-state index in [4.69, 9.17) is 0 Å². The van der Waals surface area contributed by atoms with E-state index >= 15 is 0 Å². The first-order valence-electron chi connectivity index (χ1n) is 7.85. The summed E-state index contributed by atoms with van der Waals surface area (Å²) in [6.45, 7) is 0. The van der Waals surface area contributed by atoms with Gasteiger partial charge in [-0.15, -0.1) is 0 Å². The third-order valence-corrected chi connectivity index (χ3v) is 5.48. The molecule has 2 nitrogen and oxygen atoms in total. The summed E-state index contributed by atoms with van der Waals surface area (Å²) in [5, 5.41) is 1.39. The second-order valence-electron chi connectivity index (χ2n) is 6.56. The Labute approximate surface area is 124 Å². The van der Waals surface area contributed by atoms with Crippen molar-refractivity contribution in [1.29, 1.82) is 0 Å². The van der Waals surface area contributed by atoms with Crippen molar-refractivity contribution in [3.63, 3.8) is 0 Å². The maximum absolute atomic E-state index is 4.31. The maximum Gasteiger partial charge on any atom is 0.0522 e. The molecule has 2 bridgehead atoms. The van der Waals surface area contributed by atoms with Crippen LogP contribution in [0.25, 0.3) is 22.0 Å². The van der Waals surface area contributed by atoms with Crippen molar-refractivity contribution in [3.05, 3.63) is 54.0 Å². The van der Waals surface area contributed by atoms with Gasteiger partial charge in [0.15, 0.2) is 0 Å². The molecule has 0 saturated heterocycles. The molecule has 0 spiro atoms. The van der Waals surface area contributed by atoms with Crippen molar-refractivity contribution >= 4 is 10.9 Å². The van der Waals surface area contributed by atoms with Crippen LogP contribution in [0.1, 0.15) is 42.2 Å². The second kappa shape index (κ2) is 3.97. The van der Waals surface area contributed by atoms with Crippen LogP contribution in [0.5, 0.6) is 0 Å². The highest BCUT2D eigenvalue weighted by atomic mass is 14.9. The molecule has 2 atom stereocenters. The summed E-state index contributed by atoms with van der Waals surface area (Å²) in [6, 6.07) is 8.93. The van der Waals surface area contributed by atoms with Crippen LogP contribution in [-0.2, 0) is 7.05 Å². The van der Waals surface area contributed by atoms with E-state index in [1.165, 1.54) is 41.3 Å². The van der Waals surface area contributed by atoms with E-state index in [9.17, 15) is 0 Å². The molecule has 2 aromatic heterocycles. The zero-order valence-corrected chi connectivity index (χ0v) is 12.2. The molecule has 2 heterocycles. The minimum Gasteiger partial charge on any atom is -0.350 e. The van der Waals surface area contributed by atoms with Crippen molar-refractivity contribution in [2.75, 3.05) is 0 Å². The standard InChI is InChI=1S/C19H18N2/c1-21-8-6-15-16(14-3-2-7-20-11-14)10-17-12-4-5-13(9-12)18(17)19(15)21/h2-3,6-8,10-13H,4-5,9H2,1H3. The molecule has 2 unspecified atom stereocenters. The highest BCUT2D eigenvalue weighted by molar-refractivity contribution is 5.99. The Morgan fingerprint density at radius 1 is 1.19 bits per heavy atom. The molecule has 3 aromatic rings. The number of aromatic nitrogens is 2. The molecule has 5 rings (SSSR count). The minimum absolute atomic E-state index is 0.791. The molecule has 2 aliphatic carbocycles. The van der Waals surface area contributed by atoms with Crippen LogP contribution in [0.15, 0.2) is 42.9 Å². The lowest BCUT2D eigenvalue weighted by Crippen LogP contribution is -2.02. The topological polar surface area (TPSA) is 17.8 Å². The largest absolute Gasteiger partial charge is 0.350 e. The fourth-order valence-electron chi connectivity index (χ4n) is 4.58. The maximum atomic E-state index is 4.31. The van der Waals surface area contributed by atoms with E-state index in [2.05, 4.69) is 41.0 Å². The molecular formula is C19H18N2. The molecule has 2 heteroatoms. The van der Waals surface area contributed by atoms with Crippen molar-refractivity contribution in [1.82, 2.24) is 9.55 Å². The SMILES string of the molecule is Cn1ccc2c(-c3cccnc3)cc3c(c21)C1CCC3C1. The number of fused-ring (bicyclic) bond motifs is 7. The summed E-state index contributed by atoms with van der Waals surface area (Å²) in [7, 11) is 2.18. The van der Waals surface area contributed by atoms with Crippen LogP contribution in [0.4, 0.5) is 0 Å². The van der Waals surface area contributed by atoms with Gasteiger partial charge in [0.05, 0.1) is 5.52 Å². The van der Waals surface area contributed by atoms with Gasteiger partial charge >= 0.3 is 0 Å².